The number of rotatable bonds is 9. The Morgan fingerprint density at radius 2 is 1.62 bits per heavy atom. The highest BCUT2D eigenvalue weighted by Crippen LogP contribution is 2.29. The minimum atomic E-state index is -0.561. The maximum absolute atomic E-state index is 13.5. The molecule has 1 saturated heterocycles. The molecule has 0 atom stereocenters. The highest BCUT2D eigenvalue weighted by Gasteiger charge is 2.26. The Balaban J connectivity index is 1.50. The Morgan fingerprint density at radius 3 is 2.24 bits per heavy atom. The van der Waals surface area contributed by atoms with Gasteiger partial charge in [-0.15, -0.1) is 0 Å². The van der Waals surface area contributed by atoms with Crippen LogP contribution in [0.4, 0.5) is 10.1 Å². The normalized spacial score (nSPS) is 13.7. The summed E-state index contributed by atoms with van der Waals surface area (Å²) in [6, 6.07) is 17.0. The van der Waals surface area contributed by atoms with Crippen molar-refractivity contribution in [1.29, 1.82) is 0 Å². The number of carbonyl (C=O) groups excluding carboxylic acids is 1. The van der Waals surface area contributed by atoms with E-state index < -0.39 is 6.67 Å². The first kappa shape index (κ1) is 23.6. The van der Waals surface area contributed by atoms with Crippen molar-refractivity contribution in [2.75, 3.05) is 58.6 Å². The lowest BCUT2D eigenvalue weighted by Gasteiger charge is -2.36. The van der Waals surface area contributed by atoms with Gasteiger partial charge in [0.05, 0.1) is 38.8 Å². The summed E-state index contributed by atoms with van der Waals surface area (Å²) in [4.78, 5) is 17.5. The van der Waals surface area contributed by atoms with E-state index in [1.807, 2.05) is 53.4 Å². The molecule has 4 rings (SSSR count). The number of benzene rings is 2. The van der Waals surface area contributed by atoms with E-state index in [0.29, 0.717) is 37.6 Å². The first-order valence-corrected chi connectivity index (χ1v) is 11.2. The fourth-order valence-electron chi connectivity index (χ4n) is 3.96. The molecule has 180 valence electrons. The Bertz CT molecular complexity index is 1080. The second kappa shape index (κ2) is 11.0. The van der Waals surface area contributed by atoms with Gasteiger partial charge >= 0.3 is 0 Å². The number of hydrogen-bond donors (Lipinski definition) is 0. The Kier molecular flexibility index (Phi) is 7.64. The summed E-state index contributed by atoms with van der Waals surface area (Å²) >= 11 is 0. The fraction of sp³-hybridized carbons (Fsp3) is 0.360. The summed E-state index contributed by atoms with van der Waals surface area (Å²) in [5.41, 5.74) is 2.82. The minimum Gasteiger partial charge on any atom is -0.497 e. The highest BCUT2D eigenvalue weighted by molar-refractivity contribution is 5.93. The molecule has 1 aliphatic rings. The summed E-state index contributed by atoms with van der Waals surface area (Å²) in [6.45, 7) is 2.06. The quantitative estimate of drug-likeness (QED) is 0.449. The van der Waals surface area contributed by atoms with Crippen LogP contribution >= 0.6 is 0 Å². The van der Waals surface area contributed by atoms with Gasteiger partial charge in [0.15, 0.2) is 0 Å². The van der Waals surface area contributed by atoms with E-state index in [1.165, 1.54) is 0 Å². The van der Waals surface area contributed by atoms with Crippen molar-refractivity contribution in [2.24, 2.45) is 0 Å². The van der Waals surface area contributed by atoms with Crippen LogP contribution in [0.3, 0.4) is 0 Å². The molecule has 0 bridgehead atoms. The molecule has 0 radical (unpaired) electrons. The Hall–Kier alpha value is -3.59. The van der Waals surface area contributed by atoms with Crippen molar-refractivity contribution in [3.8, 4) is 17.2 Å². The molecule has 0 aliphatic carbocycles. The number of amides is 1. The zero-order valence-corrected chi connectivity index (χ0v) is 19.4. The topological polar surface area (TPSA) is 69.1 Å². The SMILES string of the molecule is COc1cc(OC)cc(N2CCN(C(=O)c3cc(COCCF)nn3-c3ccccc3)CC2)c1. The summed E-state index contributed by atoms with van der Waals surface area (Å²) in [5, 5.41) is 4.55. The molecule has 0 spiro atoms. The van der Waals surface area contributed by atoms with Gasteiger partial charge in [0, 0.05) is 50.1 Å². The van der Waals surface area contributed by atoms with Crippen molar-refractivity contribution in [1.82, 2.24) is 14.7 Å². The summed E-state index contributed by atoms with van der Waals surface area (Å²) < 4.78 is 30.1. The average molecular weight is 469 g/mol. The number of anilines is 1. The molecule has 2 heterocycles. The lowest BCUT2D eigenvalue weighted by Crippen LogP contribution is -2.49. The number of halogens is 1. The van der Waals surface area contributed by atoms with Crippen molar-refractivity contribution in [3.05, 3.63) is 66.0 Å². The molecule has 0 N–H and O–H groups in total. The highest BCUT2D eigenvalue weighted by atomic mass is 19.1. The van der Waals surface area contributed by atoms with Crippen LogP contribution in [0, 0.1) is 0 Å². The van der Waals surface area contributed by atoms with Crippen LogP contribution in [0.1, 0.15) is 16.2 Å². The third-order valence-electron chi connectivity index (χ3n) is 5.72. The number of carbonyl (C=O) groups is 1. The molecule has 1 amide bonds. The molecule has 3 aromatic rings. The molecule has 2 aromatic carbocycles. The van der Waals surface area contributed by atoms with Crippen molar-refractivity contribution < 1.29 is 23.4 Å². The molecule has 8 nitrogen and oxygen atoms in total. The smallest absolute Gasteiger partial charge is 0.272 e. The van der Waals surface area contributed by atoms with Crippen molar-refractivity contribution >= 4 is 11.6 Å². The number of para-hydroxylation sites is 1. The first-order chi connectivity index (χ1) is 16.6. The lowest BCUT2D eigenvalue weighted by molar-refractivity contribution is 0.0737. The van der Waals surface area contributed by atoms with Gasteiger partial charge in [0.2, 0.25) is 0 Å². The molecule has 1 aromatic heterocycles. The molecule has 9 heteroatoms. The van der Waals surface area contributed by atoms with E-state index in [-0.39, 0.29) is 19.1 Å². The summed E-state index contributed by atoms with van der Waals surface area (Å²) in [7, 11) is 3.25. The number of aromatic nitrogens is 2. The van der Waals surface area contributed by atoms with Crippen LogP contribution in [0.15, 0.2) is 54.6 Å². The van der Waals surface area contributed by atoms with E-state index >= 15 is 0 Å². The second-order valence-corrected chi connectivity index (χ2v) is 7.86. The van der Waals surface area contributed by atoms with Gasteiger partial charge in [-0.2, -0.15) is 5.10 Å². The maximum atomic E-state index is 13.5. The van der Waals surface area contributed by atoms with Gasteiger partial charge in [0.25, 0.3) is 5.91 Å². The van der Waals surface area contributed by atoms with Crippen molar-refractivity contribution in [3.63, 3.8) is 0 Å². The molecular weight excluding hydrogens is 439 g/mol. The van der Waals surface area contributed by atoms with Crippen LogP contribution in [0.2, 0.25) is 0 Å². The van der Waals surface area contributed by atoms with Gasteiger partial charge in [-0.3, -0.25) is 4.79 Å². The van der Waals surface area contributed by atoms with Crippen LogP contribution in [-0.4, -0.2) is 74.3 Å². The molecule has 34 heavy (non-hydrogen) atoms. The molecule has 1 aliphatic heterocycles. The first-order valence-electron chi connectivity index (χ1n) is 11.2. The van der Waals surface area contributed by atoms with Crippen LogP contribution < -0.4 is 14.4 Å². The number of piperazine rings is 1. The van der Waals surface area contributed by atoms with E-state index in [1.54, 1.807) is 25.0 Å². The molecule has 0 saturated carbocycles. The standard InChI is InChI=1S/C25H29FN4O4/c1-32-22-15-21(16-23(17-22)33-2)28-9-11-29(12-10-28)25(31)24-14-19(18-34-13-8-26)27-30(24)20-6-4-3-5-7-20/h3-7,14-17H,8-13,18H2,1-2H3. The average Bonchev–Trinajstić information content (AvgIpc) is 3.33. The Labute approximate surface area is 198 Å². The lowest BCUT2D eigenvalue weighted by atomic mass is 10.2. The monoisotopic (exact) mass is 468 g/mol. The van der Waals surface area contributed by atoms with Crippen LogP contribution in [0.25, 0.3) is 5.69 Å². The maximum Gasteiger partial charge on any atom is 0.272 e. The fourth-order valence-corrected chi connectivity index (χ4v) is 3.96. The number of nitrogens with zero attached hydrogens (tertiary/aromatic N) is 4. The molecule has 0 unspecified atom stereocenters. The van der Waals surface area contributed by atoms with Gasteiger partial charge in [0.1, 0.15) is 23.9 Å². The third-order valence-corrected chi connectivity index (χ3v) is 5.72. The predicted molar refractivity (Wildman–Crippen MR) is 127 cm³/mol. The number of ether oxygens (including phenoxy) is 3. The number of methoxy groups -OCH3 is 2. The molecule has 1 fully saturated rings. The molecular formula is C25H29FN4O4. The largest absolute Gasteiger partial charge is 0.497 e. The van der Waals surface area contributed by atoms with Crippen molar-refractivity contribution in [2.45, 2.75) is 6.61 Å². The summed E-state index contributed by atoms with van der Waals surface area (Å²) in [5.74, 6) is 1.35. The predicted octanol–water partition coefficient (Wildman–Crippen LogP) is 3.34. The van der Waals surface area contributed by atoms with E-state index in [2.05, 4.69) is 10.00 Å². The van der Waals surface area contributed by atoms with Gasteiger partial charge in [-0.25, -0.2) is 9.07 Å². The van der Waals surface area contributed by atoms with E-state index in [0.717, 1.165) is 22.9 Å². The number of hydrogen-bond acceptors (Lipinski definition) is 6. The van der Waals surface area contributed by atoms with E-state index in [9.17, 15) is 9.18 Å². The second-order valence-electron chi connectivity index (χ2n) is 7.86. The minimum absolute atomic E-state index is 0.00149. The summed E-state index contributed by atoms with van der Waals surface area (Å²) in [6.07, 6.45) is 0. The number of alkyl halides is 1. The Morgan fingerprint density at radius 1 is 0.941 bits per heavy atom. The zero-order chi connectivity index (χ0) is 23.9. The van der Waals surface area contributed by atoms with Crippen LogP contribution in [-0.2, 0) is 11.3 Å². The van der Waals surface area contributed by atoms with E-state index in [4.69, 9.17) is 14.2 Å². The van der Waals surface area contributed by atoms with Crippen LogP contribution in [0.5, 0.6) is 11.5 Å². The third kappa shape index (κ3) is 5.31. The van der Waals surface area contributed by atoms with Gasteiger partial charge in [-0.1, -0.05) is 18.2 Å². The zero-order valence-electron chi connectivity index (χ0n) is 19.4. The van der Waals surface area contributed by atoms with Gasteiger partial charge < -0.3 is 24.0 Å². The van der Waals surface area contributed by atoms with Gasteiger partial charge in [-0.05, 0) is 18.2 Å².